The molecule has 0 radical (unpaired) electrons. The van der Waals surface area contributed by atoms with E-state index in [1.165, 1.54) is 11.1 Å². The zero-order valence-corrected chi connectivity index (χ0v) is 17.6. The molecule has 2 aliphatic heterocycles. The molecule has 4 rings (SSSR count). The van der Waals surface area contributed by atoms with Crippen LogP contribution in [0, 0.1) is 6.92 Å². The molecule has 2 aromatic carbocycles. The Labute approximate surface area is 173 Å². The molecule has 0 unspecified atom stereocenters. The number of nitrogens with zero attached hydrogens (tertiary/aromatic N) is 2. The van der Waals surface area contributed by atoms with Crippen LogP contribution >= 0.6 is 0 Å². The monoisotopic (exact) mass is 393 g/mol. The summed E-state index contributed by atoms with van der Waals surface area (Å²) in [5, 5.41) is 14.7. The minimum absolute atomic E-state index is 0.00684. The van der Waals surface area contributed by atoms with E-state index < -0.39 is 0 Å². The number of aromatic hydroxyl groups is 1. The summed E-state index contributed by atoms with van der Waals surface area (Å²) in [4.78, 5) is 7.59. The van der Waals surface area contributed by atoms with Crippen LogP contribution in [0.25, 0.3) is 0 Å². The number of aliphatic imine (C=N–C) groups is 1. The van der Waals surface area contributed by atoms with Gasteiger partial charge in [-0.3, -0.25) is 10.3 Å². The molecule has 5 nitrogen and oxygen atoms in total. The molecule has 1 fully saturated rings. The summed E-state index contributed by atoms with van der Waals surface area (Å²) < 4.78 is 5.63. The molecule has 1 saturated heterocycles. The van der Waals surface area contributed by atoms with Crippen LogP contribution in [0.15, 0.2) is 47.5 Å². The molecular weight excluding hydrogens is 362 g/mol. The van der Waals surface area contributed by atoms with E-state index in [9.17, 15) is 5.11 Å². The fourth-order valence-corrected chi connectivity index (χ4v) is 4.36. The van der Waals surface area contributed by atoms with Gasteiger partial charge in [-0.25, -0.2) is 0 Å². The number of nitrogens with one attached hydrogen (secondary N) is 1. The lowest BCUT2D eigenvalue weighted by molar-refractivity contribution is 0.144. The summed E-state index contributed by atoms with van der Waals surface area (Å²) in [6, 6.07) is 14.4. The lowest BCUT2D eigenvalue weighted by Crippen LogP contribution is -2.55. The number of hydrogen-bond donors (Lipinski definition) is 2. The molecule has 29 heavy (non-hydrogen) atoms. The smallest absolute Gasteiger partial charge is 0.162 e. The second-order valence-electron chi connectivity index (χ2n) is 8.29. The van der Waals surface area contributed by atoms with Crippen LogP contribution in [0.1, 0.15) is 48.9 Å². The Hall–Kier alpha value is -2.37. The van der Waals surface area contributed by atoms with Gasteiger partial charge in [-0.1, -0.05) is 42.0 Å². The first-order valence-corrected chi connectivity index (χ1v) is 10.6. The molecule has 0 aromatic heterocycles. The van der Waals surface area contributed by atoms with Gasteiger partial charge < -0.3 is 14.7 Å². The zero-order chi connectivity index (χ0) is 20.4. The maximum absolute atomic E-state index is 10.9. The average Bonchev–Trinajstić information content (AvgIpc) is 2.72. The molecule has 2 aromatic rings. The van der Waals surface area contributed by atoms with E-state index in [1.807, 2.05) is 25.1 Å². The number of likely N-dealkylation sites (tertiary alicyclic amines) is 1. The fourth-order valence-electron chi connectivity index (χ4n) is 4.36. The van der Waals surface area contributed by atoms with E-state index in [0.717, 1.165) is 43.6 Å². The normalized spacial score (nSPS) is 21.8. The molecule has 0 aliphatic carbocycles. The number of hydrogen-bond acceptors (Lipinski definition) is 5. The number of ether oxygens (including phenoxy) is 1. The predicted octanol–water partition coefficient (Wildman–Crippen LogP) is 4.04. The maximum atomic E-state index is 10.9. The highest BCUT2D eigenvalue weighted by Gasteiger charge is 2.40. The average molecular weight is 394 g/mol. The molecule has 0 bridgehead atoms. The lowest BCUT2D eigenvalue weighted by atomic mass is 9.87. The Bertz CT molecular complexity index is 883. The molecule has 0 amide bonds. The van der Waals surface area contributed by atoms with Gasteiger partial charge in [-0.2, -0.15) is 0 Å². The molecule has 5 heteroatoms. The minimum Gasteiger partial charge on any atom is -0.504 e. The molecule has 2 aliphatic rings. The third kappa shape index (κ3) is 4.16. The number of rotatable bonds is 4. The number of phenols is 1. The van der Waals surface area contributed by atoms with Crippen LogP contribution in [0.4, 0.5) is 0 Å². The van der Waals surface area contributed by atoms with Crippen molar-refractivity contribution in [3.63, 3.8) is 0 Å². The van der Waals surface area contributed by atoms with Crippen molar-refractivity contribution in [3.8, 4) is 11.5 Å². The van der Waals surface area contributed by atoms with Gasteiger partial charge in [-0.15, -0.1) is 0 Å². The second-order valence-corrected chi connectivity index (χ2v) is 8.29. The topological polar surface area (TPSA) is 57.1 Å². The van der Waals surface area contributed by atoms with Crippen molar-refractivity contribution in [2.24, 2.45) is 4.99 Å². The first-order valence-electron chi connectivity index (χ1n) is 10.6. The van der Waals surface area contributed by atoms with Crippen LogP contribution < -0.4 is 10.1 Å². The van der Waals surface area contributed by atoms with Gasteiger partial charge in [-0.05, 0) is 45.4 Å². The van der Waals surface area contributed by atoms with E-state index in [0.29, 0.717) is 12.4 Å². The Balaban J connectivity index is 1.72. The molecular formula is C24H31N3O2. The van der Waals surface area contributed by atoms with Crippen molar-refractivity contribution in [1.82, 2.24) is 10.2 Å². The Morgan fingerprint density at radius 1 is 1.17 bits per heavy atom. The molecule has 2 N–H and O–H groups in total. The predicted molar refractivity (Wildman–Crippen MR) is 117 cm³/mol. The number of para-hydroxylation sites is 1. The van der Waals surface area contributed by atoms with E-state index in [-0.39, 0.29) is 17.5 Å². The van der Waals surface area contributed by atoms with E-state index >= 15 is 0 Å². The Kier molecular flexibility index (Phi) is 5.61. The van der Waals surface area contributed by atoms with E-state index in [2.05, 4.69) is 48.5 Å². The summed E-state index contributed by atoms with van der Waals surface area (Å²) in [6.45, 7) is 6.58. The first kappa shape index (κ1) is 19.9. The van der Waals surface area contributed by atoms with Crippen LogP contribution in [0.2, 0.25) is 0 Å². The fraction of sp³-hybridized carbons (Fsp3) is 0.458. The van der Waals surface area contributed by atoms with Crippen molar-refractivity contribution in [1.29, 1.82) is 0 Å². The van der Waals surface area contributed by atoms with E-state index in [4.69, 9.17) is 9.73 Å². The number of phenolic OH excluding ortho intramolecular Hbond substituents is 1. The standard InChI is InChI=1S/C24H31N3O2/c1-4-29-22-7-5-6-19(23(22)28)21-16-20(18-10-8-17(2)9-11-18)25-24(26-21)12-14-27(3)15-13-24/h5-11,21,26,28H,4,12-16H2,1-3H3/t21-/m1/s1. The highest BCUT2D eigenvalue weighted by molar-refractivity contribution is 6.01. The molecule has 0 saturated carbocycles. The Morgan fingerprint density at radius 3 is 2.59 bits per heavy atom. The third-order valence-electron chi connectivity index (χ3n) is 6.09. The van der Waals surface area contributed by atoms with Crippen LogP contribution in [0.3, 0.4) is 0 Å². The van der Waals surface area contributed by atoms with Gasteiger partial charge in [0.2, 0.25) is 0 Å². The number of benzene rings is 2. The molecule has 2 heterocycles. The second kappa shape index (κ2) is 8.17. The third-order valence-corrected chi connectivity index (χ3v) is 6.09. The summed E-state index contributed by atoms with van der Waals surface area (Å²) >= 11 is 0. The van der Waals surface area contributed by atoms with Gasteiger partial charge in [0.25, 0.3) is 0 Å². The first-order chi connectivity index (χ1) is 14.0. The highest BCUT2D eigenvalue weighted by atomic mass is 16.5. The van der Waals surface area contributed by atoms with Gasteiger partial charge in [0.1, 0.15) is 5.66 Å². The lowest BCUT2D eigenvalue weighted by Gasteiger charge is -2.44. The number of aryl methyl sites for hydroxylation is 1. The van der Waals surface area contributed by atoms with E-state index in [1.54, 1.807) is 0 Å². The van der Waals surface area contributed by atoms with Gasteiger partial charge in [0.15, 0.2) is 11.5 Å². The van der Waals surface area contributed by atoms with Gasteiger partial charge in [0, 0.05) is 36.8 Å². The van der Waals surface area contributed by atoms with Crippen LogP contribution in [-0.2, 0) is 0 Å². The summed E-state index contributed by atoms with van der Waals surface area (Å²) in [6.07, 6.45) is 2.66. The van der Waals surface area contributed by atoms with Crippen molar-refractivity contribution >= 4 is 5.71 Å². The quantitative estimate of drug-likeness (QED) is 0.823. The largest absolute Gasteiger partial charge is 0.504 e. The number of piperidine rings is 1. The van der Waals surface area contributed by atoms with Crippen LogP contribution in [-0.4, -0.2) is 48.1 Å². The summed E-state index contributed by atoms with van der Waals surface area (Å²) in [7, 11) is 2.16. The van der Waals surface area contributed by atoms with Crippen molar-refractivity contribution < 1.29 is 9.84 Å². The van der Waals surface area contributed by atoms with Crippen molar-refractivity contribution in [2.75, 3.05) is 26.7 Å². The highest BCUT2D eigenvalue weighted by Crippen LogP contribution is 2.40. The van der Waals surface area contributed by atoms with Crippen LogP contribution in [0.5, 0.6) is 11.5 Å². The minimum atomic E-state index is -0.288. The summed E-state index contributed by atoms with van der Waals surface area (Å²) in [5.74, 6) is 0.781. The molecule has 154 valence electrons. The van der Waals surface area contributed by atoms with Crippen molar-refractivity contribution in [2.45, 2.75) is 44.8 Å². The Morgan fingerprint density at radius 2 is 1.90 bits per heavy atom. The summed E-state index contributed by atoms with van der Waals surface area (Å²) in [5.41, 5.74) is 4.12. The SMILES string of the molecule is CCOc1cccc([C@H]2CC(c3ccc(C)cc3)=NC3(CCN(C)CC3)N2)c1O. The van der Waals surface area contributed by atoms with Gasteiger partial charge >= 0.3 is 0 Å². The molecule has 1 spiro atoms. The zero-order valence-electron chi connectivity index (χ0n) is 17.6. The van der Waals surface area contributed by atoms with Gasteiger partial charge in [0.05, 0.1) is 6.61 Å². The maximum Gasteiger partial charge on any atom is 0.162 e. The van der Waals surface area contributed by atoms with Crippen molar-refractivity contribution in [3.05, 3.63) is 59.2 Å². The molecule has 1 atom stereocenters.